The molecular weight excluding hydrogens is 190 g/mol. The van der Waals surface area contributed by atoms with Gasteiger partial charge in [0, 0.05) is 11.3 Å². The summed E-state index contributed by atoms with van der Waals surface area (Å²) in [6, 6.07) is 1.76. The minimum Gasteiger partial charge on any atom is -0.263 e. The summed E-state index contributed by atoms with van der Waals surface area (Å²) in [6.07, 6.45) is 2.79. The van der Waals surface area contributed by atoms with Crippen molar-refractivity contribution in [2.75, 3.05) is 4.72 Å². The molecule has 0 atom stereocenters. The maximum atomic E-state index is 11.0. The van der Waals surface area contributed by atoms with E-state index >= 15 is 0 Å². The molecule has 0 radical (unpaired) electrons. The molecular formula is C7H7N3O2S. The molecule has 0 bridgehead atoms. The van der Waals surface area contributed by atoms with Gasteiger partial charge < -0.3 is 0 Å². The second-order valence-electron chi connectivity index (χ2n) is 2.72. The first-order valence-corrected chi connectivity index (χ1v) is 5.05. The van der Waals surface area contributed by atoms with Gasteiger partial charge in [-0.15, -0.1) is 0 Å². The van der Waals surface area contributed by atoms with Crippen LogP contribution in [0, 0.1) is 6.92 Å². The lowest BCUT2D eigenvalue weighted by Gasteiger charge is -2.11. The largest absolute Gasteiger partial charge is 0.342 e. The van der Waals surface area contributed by atoms with Gasteiger partial charge in [-0.1, -0.05) is 0 Å². The van der Waals surface area contributed by atoms with Gasteiger partial charge in [0.05, 0.1) is 18.1 Å². The number of hydrogen-bond acceptors (Lipinski definition) is 3. The van der Waals surface area contributed by atoms with Gasteiger partial charge in [0.2, 0.25) is 0 Å². The molecule has 68 valence electrons. The second kappa shape index (κ2) is 2.53. The van der Waals surface area contributed by atoms with Crippen LogP contribution in [0.1, 0.15) is 11.3 Å². The van der Waals surface area contributed by atoms with Crippen LogP contribution in [0.15, 0.2) is 16.7 Å². The van der Waals surface area contributed by atoms with Crippen molar-refractivity contribution < 1.29 is 8.42 Å². The van der Waals surface area contributed by atoms with Gasteiger partial charge in [0.15, 0.2) is 0 Å². The molecule has 0 spiro atoms. The number of fused-ring (bicyclic) bond motifs is 1. The number of aromatic nitrogens is 1. The molecule has 0 aliphatic carbocycles. The maximum absolute atomic E-state index is 11.0. The summed E-state index contributed by atoms with van der Waals surface area (Å²) in [6.45, 7) is 1.83. The quantitative estimate of drug-likeness (QED) is 0.657. The Morgan fingerprint density at radius 2 is 2.23 bits per heavy atom. The highest BCUT2D eigenvalue weighted by Crippen LogP contribution is 2.18. The Morgan fingerprint density at radius 3 is 3.00 bits per heavy atom. The Labute approximate surface area is 75.7 Å². The van der Waals surface area contributed by atoms with E-state index in [4.69, 9.17) is 0 Å². The van der Waals surface area contributed by atoms with E-state index in [0.29, 0.717) is 5.69 Å². The smallest absolute Gasteiger partial charge is 0.263 e. The third kappa shape index (κ3) is 1.52. The summed E-state index contributed by atoms with van der Waals surface area (Å²) in [5, 5.41) is 0. The molecule has 1 N–H and O–H groups in total. The Bertz CT molecular complexity index is 479. The van der Waals surface area contributed by atoms with Crippen molar-refractivity contribution in [3.05, 3.63) is 23.5 Å². The molecule has 1 aromatic rings. The average molecular weight is 197 g/mol. The number of anilines is 1. The van der Waals surface area contributed by atoms with Crippen LogP contribution in [-0.4, -0.2) is 19.6 Å². The number of pyridine rings is 1. The van der Waals surface area contributed by atoms with Crippen LogP contribution in [0.2, 0.25) is 0 Å². The van der Waals surface area contributed by atoms with E-state index in [2.05, 4.69) is 14.1 Å². The first-order chi connectivity index (χ1) is 6.07. The number of aryl methyl sites for hydroxylation is 1. The Hall–Kier alpha value is -1.43. The SMILES string of the molecule is Cc1cc2c(cn1)NS(=O)(=O)N=C2. The first kappa shape index (κ1) is 8.18. The topological polar surface area (TPSA) is 71.4 Å². The van der Waals surface area contributed by atoms with E-state index in [1.807, 2.05) is 6.92 Å². The van der Waals surface area contributed by atoms with Crippen molar-refractivity contribution in [1.82, 2.24) is 4.98 Å². The summed E-state index contributed by atoms with van der Waals surface area (Å²) in [5.41, 5.74) is 2.04. The predicted molar refractivity (Wildman–Crippen MR) is 49.1 cm³/mol. The van der Waals surface area contributed by atoms with Crippen molar-refractivity contribution in [3.63, 3.8) is 0 Å². The van der Waals surface area contributed by atoms with Crippen molar-refractivity contribution in [3.8, 4) is 0 Å². The lowest BCUT2D eigenvalue weighted by molar-refractivity contribution is 0.603. The van der Waals surface area contributed by atoms with Crippen LogP contribution in [0.5, 0.6) is 0 Å². The molecule has 0 aromatic carbocycles. The van der Waals surface area contributed by atoms with E-state index in [0.717, 1.165) is 11.3 Å². The molecule has 1 aliphatic heterocycles. The number of hydrogen-bond donors (Lipinski definition) is 1. The molecule has 0 unspecified atom stereocenters. The highest BCUT2D eigenvalue weighted by Gasteiger charge is 2.15. The molecule has 1 aromatic heterocycles. The average Bonchev–Trinajstić information content (AvgIpc) is 2.05. The van der Waals surface area contributed by atoms with Crippen LogP contribution < -0.4 is 4.72 Å². The van der Waals surface area contributed by atoms with E-state index in [1.165, 1.54) is 12.4 Å². The molecule has 2 rings (SSSR count). The van der Waals surface area contributed by atoms with Gasteiger partial charge in [0.1, 0.15) is 0 Å². The molecule has 0 fully saturated rings. The zero-order valence-corrected chi connectivity index (χ0v) is 7.67. The van der Waals surface area contributed by atoms with Gasteiger partial charge in [0.25, 0.3) is 0 Å². The van der Waals surface area contributed by atoms with Gasteiger partial charge in [-0.2, -0.15) is 12.8 Å². The highest BCUT2D eigenvalue weighted by molar-refractivity contribution is 7.91. The van der Waals surface area contributed by atoms with Gasteiger partial charge in [-0.25, -0.2) is 0 Å². The van der Waals surface area contributed by atoms with Crippen LogP contribution in [0.4, 0.5) is 5.69 Å². The number of nitrogens with zero attached hydrogens (tertiary/aromatic N) is 2. The Kier molecular flexibility index (Phi) is 1.59. The third-order valence-electron chi connectivity index (χ3n) is 1.64. The molecule has 0 amide bonds. The van der Waals surface area contributed by atoms with Crippen LogP contribution in [0.3, 0.4) is 0 Å². The van der Waals surface area contributed by atoms with Crippen molar-refractivity contribution in [1.29, 1.82) is 0 Å². The van der Waals surface area contributed by atoms with Crippen LogP contribution in [-0.2, 0) is 10.2 Å². The summed E-state index contributed by atoms with van der Waals surface area (Å²) in [7, 11) is -3.53. The maximum Gasteiger partial charge on any atom is 0.342 e. The number of nitrogens with one attached hydrogen (secondary N) is 1. The fourth-order valence-corrected chi connectivity index (χ4v) is 1.82. The van der Waals surface area contributed by atoms with Gasteiger partial charge in [-0.05, 0) is 13.0 Å². The molecule has 2 heterocycles. The molecule has 0 saturated carbocycles. The lowest BCUT2D eigenvalue weighted by atomic mass is 10.2. The fourth-order valence-electron chi connectivity index (χ4n) is 1.06. The van der Waals surface area contributed by atoms with E-state index in [-0.39, 0.29) is 0 Å². The summed E-state index contributed by atoms with van der Waals surface area (Å²) >= 11 is 0. The monoisotopic (exact) mass is 197 g/mol. The minimum atomic E-state index is -3.53. The molecule has 5 nitrogen and oxygen atoms in total. The summed E-state index contributed by atoms with van der Waals surface area (Å²) < 4.78 is 27.6. The Morgan fingerprint density at radius 1 is 1.46 bits per heavy atom. The fraction of sp³-hybridized carbons (Fsp3) is 0.143. The minimum absolute atomic E-state index is 0.473. The van der Waals surface area contributed by atoms with E-state index in [1.54, 1.807) is 6.07 Å². The van der Waals surface area contributed by atoms with E-state index in [9.17, 15) is 8.42 Å². The normalized spacial score (nSPS) is 17.6. The molecule has 1 aliphatic rings. The summed E-state index contributed by atoms with van der Waals surface area (Å²) in [4.78, 5) is 3.97. The van der Waals surface area contributed by atoms with Gasteiger partial charge >= 0.3 is 10.2 Å². The second-order valence-corrected chi connectivity index (χ2v) is 4.09. The van der Waals surface area contributed by atoms with Crippen molar-refractivity contribution >= 4 is 22.1 Å². The number of rotatable bonds is 0. The first-order valence-electron chi connectivity index (χ1n) is 3.61. The predicted octanol–water partition coefficient (Wildman–Crippen LogP) is 0.479. The van der Waals surface area contributed by atoms with Crippen molar-refractivity contribution in [2.45, 2.75) is 6.92 Å². The van der Waals surface area contributed by atoms with Crippen molar-refractivity contribution in [2.24, 2.45) is 4.40 Å². The zero-order valence-electron chi connectivity index (χ0n) is 6.85. The lowest BCUT2D eigenvalue weighted by Crippen LogP contribution is -2.15. The molecule has 6 heteroatoms. The third-order valence-corrected chi connectivity index (χ3v) is 2.50. The zero-order chi connectivity index (χ0) is 9.47. The van der Waals surface area contributed by atoms with Crippen LogP contribution in [0.25, 0.3) is 0 Å². The van der Waals surface area contributed by atoms with Crippen LogP contribution >= 0.6 is 0 Å². The highest BCUT2D eigenvalue weighted by atomic mass is 32.2. The molecule has 0 saturated heterocycles. The van der Waals surface area contributed by atoms with Gasteiger partial charge in [-0.3, -0.25) is 9.71 Å². The molecule has 13 heavy (non-hydrogen) atoms. The summed E-state index contributed by atoms with van der Waals surface area (Å²) in [5.74, 6) is 0. The Balaban J connectivity index is 2.59. The standard InChI is InChI=1S/C7H7N3O2S/c1-5-2-6-3-9-13(11,12)10-7(6)4-8-5/h2-4,10H,1H3. The van der Waals surface area contributed by atoms with E-state index < -0.39 is 10.2 Å².